The lowest BCUT2D eigenvalue weighted by Crippen LogP contribution is -2.34. The third-order valence-electron chi connectivity index (χ3n) is 2.43. The number of methoxy groups -OCH3 is 1. The summed E-state index contributed by atoms with van der Waals surface area (Å²) in [4.78, 5) is 3.05. The standard InChI is InChI=1S/C11H24N2OS/c1-10(2)13(8-9-14-3)7-5-4-6-11(12)15/h10H,4-9H2,1-3H3,(H2,12,15). The van der Waals surface area contributed by atoms with E-state index in [1.165, 1.54) is 0 Å². The van der Waals surface area contributed by atoms with Gasteiger partial charge in [-0.05, 0) is 39.7 Å². The van der Waals surface area contributed by atoms with Crippen LogP contribution in [0.2, 0.25) is 0 Å². The summed E-state index contributed by atoms with van der Waals surface area (Å²) in [5, 5.41) is 0. The molecule has 0 fully saturated rings. The molecule has 4 heteroatoms. The van der Waals surface area contributed by atoms with E-state index >= 15 is 0 Å². The molecule has 0 aliphatic heterocycles. The van der Waals surface area contributed by atoms with Crippen LogP contribution in [0.15, 0.2) is 0 Å². The van der Waals surface area contributed by atoms with Gasteiger partial charge in [0.1, 0.15) is 0 Å². The van der Waals surface area contributed by atoms with Crippen LogP contribution in [-0.2, 0) is 4.74 Å². The van der Waals surface area contributed by atoms with Gasteiger partial charge in [-0.1, -0.05) is 12.2 Å². The van der Waals surface area contributed by atoms with Crippen molar-refractivity contribution in [3.8, 4) is 0 Å². The minimum atomic E-state index is 0.574. The maximum atomic E-state index is 5.45. The summed E-state index contributed by atoms with van der Waals surface area (Å²) in [6.45, 7) is 7.32. The Labute approximate surface area is 99.0 Å². The van der Waals surface area contributed by atoms with Crippen LogP contribution in [0.4, 0.5) is 0 Å². The van der Waals surface area contributed by atoms with Gasteiger partial charge in [-0.2, -0.15) is 0 Å². The molecule has 2 N–H and O–H groups in total. The molecular weight excluding hydrogens is 208 g/mol. The Morgan fingerprint density at radius 3 is 2.47 bits per heavy atom. The number of ether oxygens (including phenoxy) is 1. The van der Waals surface area contributed by atoms with E-state index in [1.807, 2.05) is 0 Å². The van der Waals surface area contributed by atoms with Crippen LogP contribution in [0.1, 0.15) is 33.1 Å². The lowest BCUT2D eigenvalue weighted by Gasteiger charge is -2.25. The van der Waals surface area contributed by atoms with Crippen molar-refractivity contribution in [1.29, 1.82) is 0 Å². The number of hydrogen-bond acceptors (Lipinski definition) is 3. The molecule has 0 bridgehead atoms. The maximum absolute atomic E-state index is 5.45. The average molecular weight is 232 g/mol. The van der Waals surface area contributed by atoms with Crippen molar-refractivity contribution in [3.63, 3.8) is 0 Å². The molecule has 0 aliphatic rings. The van der Waals surface area contributed by atoms with E-state index in [0.29, 0.717) is 11.0 Å². The molecule has 0 aromatic rings. The van der Waals surface area contributed by atoms with Crippen molar-refractivity contribution in [2.75, 3.05) is 26.8 Å². The summed E-state index contributed by atoms with van der Waals surface area (Å²) in [5.41, 5.74) is 5.45. The molecule has 0 spiro atoms. The number of unbranched alkanes of at least 4 members (excludes halogenated alkanes) is 1. The first kappa shape index (κ1) is 14.8. The number of hydrogen-bond donors (Lipinski definition) is 1. The highest BCUT2D eigenvalue weighted by molar-refractivity contribution is 7.80. The van der Waals surface area contributed by atoms with Gasteiger partial charge in [-0.3, -0.25) is 4.90 Å². The van der Waals surface area contributed by atoms with E-state index < -0.39 is 0 Å². The van der Waals surface area contributed by atoms with Gasteiger partial charge in [-0.25, -0.2) is 0 Å². The highest BCUT2D eigenvalue weighted by Gasteiger charge is 2.07. The Hall–Kier alpha value is -0.190. The first-order chi connectivity index (χ1) is 7.07. The Morgan fingerprint density at radius 2 is 2.00 bits per heavy atom. The quantitative estimate of drug-likeness (QED) is 0.486. The number of rotatable bonds is 9. The first-order valence-electron chi connectivity index (χ1n) is 5.59. The lowest BCUT2D eigenvalue weighted by molar-refractivity contribution is 0.128. The largest absolute Gasteiger partial charge is 0.393 e. The van der Waals surface area contributed by atoms with E-state index in [-0.39, 0.29) is 0 Å². The summed E-state index contributed by atoms with van der Waals surface area (Å²) < 4.78 is 5.08. The maximum Gasteiger partial charge on any atom is 0.0727 e. The summed E-state index contributed by atoms with van der Waals surface area (Å²) >= 11 is 4.84. The Morgan fingerprint density at radius 1 is 1.33 bits per heavy atom. The average Bonchev–Trinajstić information content (AvgIpc) is 2.15. The van der Waals surface area contributed by atoms with E-state index in [9.17, 15) is 0 Å². The summed E-state index contributed by atoms with van der Waals surface area (Å²) in [5.74, 6) is 0. The van der Waals surface area contributed by atoms with Crippen molar-refractivity contribution in [1.82, 2.24) is 4.90 Å². The second-order valence-electron chi connectivity index (χ2n) is 4.05. The molecule has 3 nitrogen and oxygen atoms in total. The number of nitrogens with zero attached hydrogens (tertiary/aromatic N) is 1. The molecule has 0 atom stereocenters. The molecule has 0 aromatic carbocycles. The lowest BCUT2D eigenvalue weighted by atomic mass is 10.2. The van der Waals surface area contributed by atoms with Crippen LogP contribution in [0.3, 0.4) is 0 Å². The highest BCUT2D eigenvalue weighted by atomic mass is 32.1. The van der Waals surface area contributed by atoms with Gasteiger partial charge < -0.3 is 10.5 Å². The summed E-state index contributed by atoms with van der Waals surface area (Å²) in [6, 6.07) is 0.574. The fourth-order valence-corrected chi connectivity index (χ4v) is 1.60. The molecule has 0 unspecified atom stereocenters. The second kappa shape index (κ2) is 9.07. The molecule has 15 heavy (non-hydrogen) atoms. The van der Waals surface area contributed by atoms with Crippen LogP contribution < -0.4 is 5.73 Å². The Balaban J connectivity index is 3.61. The predicted molar refractivity (Wildman–Crippen MR) is 69.2 cm³/mol. The highest BCUT2D eigenvalue weighted by Crippen LogP contribution is 2.03. The van der Waals surface area contributed by atoms with Crippen molar-refractivity contribution in [2.45, 2.75) is 39.2 Å². The molecule has 0 amide bonds. The first-order valence-corrected chi connectivity index (χ1v) is 6.00. The smallest absolute Gasteiger partial charge is 0.0727 e. The van der Waals surface area contributed by atoms with Crippen LogP contribution in [0.25, 0.3) is 0 Å². The zero-order valence-electron chi connectivity index (χ0n) is 10.2. The zero-order valence-corrected chi connectivity index (χ0v) is 11.0. The fourth-order valence-electron chi connectivity index (χ4n) is 1.45. The van der Waals surface area contributed by atoms with Gasteiger partial charge >= 0.3 is 0 Å². The molecule has 0 saturated heterocycles. The molecule has 0 saturated carbocycles. The molecule has 90 valence electrons. The van der Waals surface area contributed by atoms with Gasteiger partial charge in [-0.15, -0.1) is 0 Å². The molecular formula is C11H24N2OS. The van der Waals surface area contributed by atoms with Crippen molar-refractivity contribution >= 4 is 17.2 Å². The summed E-state index contributed by atoms with van der Waals surface area (Å²) in [6.07, 6.45) is 3.11. The minimum Gasteiger partial charge on any atom is -0.393 e. The van der Waals surface area contributed by atoms with Crippen LogP contribution >= 0.6 is 12.2 Å². The molecule has 0 aliphatic carbocycles. The third kappa shape index (κ3) is 8.78. The molecule has 0 rings (SSSR count). The van der Waals surface area contributed by atoms with E-state index in [4.69, 9.17) is 22.7 Å². The van der Waals surface area contributed by atoms with Gasteiger partial charge in [0.05, 0.1) is 11.6 Å². The van der Waals surface area contributed by atoms with E-state index in [0.717, 1.165) is 39.0 Å². The van der Waals surface area contributed by atoms with Gasteiger partial charge in [0.25, 0.3) is 0 Å². The van der Waals surface area contributed by atoms with Crippen LogP contribution in [0, 0.1) is 0 Å². The van der Waals surface area contributed by atoms with Crippen LogP contribution in [-0.4, -0.2) is 42.7 Å². The van der Waals surface area contributed by atoms with E-state index in [1.54, 1.807) is 7.11 Å². The SMILES string of the molecule is COCCN(CCCCC(N)=S)C(C)C. The fraction of sp³-hybridized carbons (Fsp3) is 0.909. The van der Waals surface area contributed by atoms with Crippen molar-refractivity contribution in [3.05, 3.63) is 0 Å². The predicted octanol–water partition coefficient (Wildman–Crippen LogP) is 1.80. The molecule has 0 heterocycles. The van der Waals surface area contributed by atoms with Gasteiger partial charge in [0, 0.05) is 19.7 Å². The molecule has 0 aromatic heterocycles. The second-order valence-corrected chi connectivity index (χ2v) is 4.57. The Bertz CT molecular complexity index is 174. The van der Waals surface area contributed by atoms with Crippen molar-refractivity contribution in [2.24, 2.45) is 5.73 Å². The normalized spacial score (nSPS) is 11.3. The number of thiocarbonyl (C=S) groups is 1. The minimum absolute atomic E-state index is 0.574. The monoisotopic (exact) mass is 232 g/mol. The van der Waals surface area contributed by atoms with Crippen molar-refractivity contribution < 1.29 is 4.74 Å². The topological polar surface area (TPSA) is 38.5 Å². The van der Waals surface area contributed by atoms with Crippen LogP contribution in [0.5, 0.6) is 0 Å². The van der Waals surface area contributed by atoms with E-state index in [2.05, 4.69) is 18.7 Å². The van der Waals surface area contributed by atoms with Gasteiger partial charge in [0.2, 0.25) is 0 Å². The molecule has 0 radical (unpaired) electrons. The Kier molecular flexibility index (Phi) is 8.95. The van der Waals surface area contributed by atoms with Gasteiger partial charge in [0.15, 0.2) is 0 Å². The summed E-state index contributed by atoms with van der Waals surface area (Å²) in [7, 11) is 1.74. The third-order valence-corrected chi connectivity index (χ3v) is 2.64. The zero-order chi connectivity index (χ0) is 11.7. The number of nitrogens with two attached hydrogens (primary N) is 1.